The SMILES string of the molecule is C.C.C.CB1OC(C)(C)C(C)(C)O1.Cc1cc(C(=O)O)c(C)c(C)n1.Cc1nc(Cl)cc(C(=O)O)c1C. The van der Waals surface area contributed by atoms with E-state index in [9.17, 15) is 9.59 Å². The number of pyridine rings is 2. The molecule has 2 N–H and O–H groups in total. The molecule has 2 aromatic rings. The van der Waals surface area contributed by atoms with Gasteiger partial charge < -0.3 is 19.5 Å². The summed E-state index contributed by atoms with van der Waals surface area (Å²) in [5.74, 6) is -1.86. The molecule has 0 saturated carbocycles. The van der Waals surface area contributed by atoms with Crippen molar-refractivity contribution in [2.45, 2.75) is 103 Å². The molecule has 0 bridgehead atoms. The average molecular weight is 541 g/mol. The number of rotatable bonds is 2. The lowest BCUT2D eigenvalue weighted by molar-refractivity contribution is 0.00578. The van der Waals surface area contributed by atoms with Crippen LogP contribution in [0, 0.1) is 34.6 Å². The molecule has 0 aromatic carbocycles. The Hall–Kier alpha value is -2.49. The van der Waals surface area contributed by atoms with Crippen molar-refractivity contribution in [3.05, 3.63) is 56.6 Å². The molecule has 0 amide bonds. The van der Waals surface area contributed by atoms with Crippen molar-refractivity contribution >= 4 is 30.7 Å². The maximum absolute atomic E-state index is 10.7. The van der Waals surface area contributed by atoms with Gasteiger partial charge in [0.05, 0.1) is 22.3 Å². The number of carboxylic acid groups (broad SMARTS) is 2. The van der Waals surface area contributed by atoms with Crippen LogP contribution in [0.4, 0.5) is 0 Å². The number of aromatic nitrogens is 2. The zero-order valence-corrected chi connectivity index (χ0v) is 22.3. The van der Waals surface area contributed by atoms with Gasteiger partial charge in [0.2, 0.25) is 0 Å². The van der Waals surface area contributed by atoms with Crippen LogP contribution in [-0.4, -0.2) is 50.4 Å². The molecule has 1 aliphatic heterocycles. The second-order valence-corrected chi connectivity index (χ2v) is 9.55. The van der Waals surface area contributed by atoms with Gasteiger partial charge in [-0.05, 0) is 92.4 Å². The first-order chi connectivity index (χ1) is 15.4. The summed E-state index contributed by atoms with van der Waals surface area (Å²) in [6, 6.07) is 2.94. The highest BCUT2D eigenvalue weighted by Gasteiger charge is 2.48. The van der Waals surface area contributed by atoms with Gasteiger partial charge in [-0.3, -0.25) is 4.98 Å². The van der Waals surface area contributed by atoms with Crippen molar-refractivity contribution in [2.75, 3.05) is 0 Å². The molecule has 8 nitrogen and oxygen atoms in total. The van der Waals surface area contributed by atoms with E-state index in [4.69, 9.17) is 31.1 Å². The third kappa shape index (κ3) is 10.4. The van der Waals surface area contributed by atoms with Crippen molar-refractivity contribution in [3.8, 4) is 0 Å². The van der Waals surface area contributed by atoms with Crippen molar-refractivity contribution in [1.29, 1.82) is 0 Å². The van der Waals surface area contributed by atoms with E-state index in [1.807, 2.05) is 13.7 Å². The van der Waals surface area contributed by atoms with Crippen LogP contribution in [0.25, 0.3) is 0 Å². The Labute approximate surface area is 228 Å². The second kappa shape index (κ2) is 15.1. The topological polar surface area (TPSA) is 119 Å². The van der Waals surface area contributed by atoms with Gasteiger partial charge in [0.25, 0.3) is 0 Å². The van der Waals surface area contributed by atoms with Gasteiger partial charge in [-0.25, -0.2) is 14.6 Å². The van der Waals surface area contributed by atoms with E-state index < -0.39 is 11.9 Å². The number of halogens is 1. The number of hydrogen-bond donors (Lipinski definition) is 2. The summed E-state index contributed by atoms with van der Waals surface area (Å²) in [4.78, 5) is 29.4. The Morgan fingerprint density at radius 3 is 1.46 bits per heavy atom. The maximum atomic E-state index is 10.7. The molecule has 0 spiro atoms. The van der Waals surface area contributed by atoms with Gasteiger partial charge in [0.15, 0.2) is 0 Å². The summed E-state index contributed by atoms with van der Waals surface area (Å²) in [5, 5.41) is 17.7. The van der Waals surface area contributed by atoms with Crippen LogP contribution in [0.3, 0.4) is 0 Å². The first-order valence-corrected chi connectivity index (χ1v) is 11.2. The van der Waals surface area contributed by atoms with Crippen LogP contribution in [0.5, 0.6) is 0 Å². The fourth-order valence-electron chi connectivity index (χ4n) is 3.17. The van der Waals surface area contributed by atoms with Gasteiger partial charge in [0, 0.05) is 17.1 Å². The maximum Gasteiger partial charge on any atom is 0.454 e. The molecule has 3 rings (SSSR count). The molecular formula is C27H46BClN2O6. The second-order valence-electron chi connectivity index (χ2n) is 9.16. The standard InChI is InChI=1S/C9H11NO2.C8H8ClNO2.C7H15BO2.3CH4/c1-5-4-8(9(11)12)6(2)7(3)10-5;1-4-5(2)10-7(9)3-6(4)8(11)12;1-6(2)7(3,4)10-8(5)9-6;;;/h4H,1-3H3,(H,11,12);3H,1-2H3,(H,11,12);1-5H3;3*1H4. The molecule has 0 unspecified atom stereocenters. The Morgan fingerprint density at radius 1 is 0.784 bits per heavy atom. The third-order valence-electron chi connectivity index (χ3n) is 5.96. The molecular weight excluding hydrogens is 495 g/mol. The molecule has 0 aliphatic carbocycles. The molecule has 10 heteroatoms. The lowest BCUT2D eigenvalue weighted by atomic mass is 9.90. The molecule has 1 fully saturated rings. The molecule has 3 heterocycles. The summed E-state index contributed by atoms with van der Waals surface area (Å²) < 4.78 is 11.1. The number of aryl methyl sites for hydroxylation is 3. The molecule has 2 aromatic heterocycles. The minimum atomic E-state index is -0.972. The minimum absolute atomic E-state index is 0. The number of carboxylic acids is 2. The van der Waals surface area contributed by atoms with Crippen molar-refractivity contribution in [1.82, 2.24) is 9.97 Å². The van der Waals surface area contributed by atoms with E-state index in [0.29, 0.717) is 16.8 Å². The van der Waals surface area contributed by atoms with Gasteiger partial charge in [-0.1, -0.05) is 33.9 Å². The predicted octanol–water partition coefficient (Wildman–Crippen LogP) is 7.37. The van der Waals surface area contributed by atoms with Gasteiger partial charge in [0.1, 0.15) is 5.15 Å². The zero-order valence-electron chi connectivity index (χ0n) is 21.5. The van der Waals surface area contributed by atoms with Crippen molar-refractivity contribution in [3.63, 3.8) is 0 Å². The molecule has 210 valence electrons. The Kier molecular flexibility index (Phi) is 15.9. The summed E-state index contributed by atoms with van der Waals surface area (Å²) >= 11 is 5.59. The number of carbonyl (C=O) groups is 2. The van der Waals surface area contributed by atoms with Gasteiger partial charge >= 0.3 is 19.1 Å². The van der Waals surface area contributed by atoms with Crippen molar-refractivity contribution in [2.24, 2.45) is 0 Å². The quantitative estimate of drug-likeness (QED) is 0.299. The average Bonchev–Trinajstić information content (AvgIpc) is 2.86. The van der Waals surface area contributed by atoms with Crippen LogP contribution in [0.15, 0.2) is 12.1 Å². The van der Waals surface area contributed by atoms with E-state index in [0.717, 1.165) is 17.0 Å². The van der Waals surface area contributed by atoms with Crippen LogP contribution >= 0.6 is 11.6 Å². The molecule has 1 aliphatic rings. The smallest absolute Gasteiger partial charge is 0.454 e. The number of aromatic carboxylic acids is 2. The van der Waals surface area contributed by atoms with Crippen LogP contribution in [-0.2, 0) is 9.31 Å². The lowest BCUT2D eigenvalue weighted by Crippen LogP contribution is -2.41. The number of hydrogen-bond acceptors (Lipinski definition) is 6. The van der Waals surface area contributed by atoms with Crippen LogP contribution in [0.2, 0.25) is 12.0 Å². The fraction of sp³-hybridized carbons (Fsp3) is 0.556. The highest BCUT2D eigenvalue weighted by Crippen LogP contribution is 2.36. The summed E-state index contributed by atoms with van der Waals surface area (Å²) in [5.41, 5.74) is 3.83. The fourth-order valence-corrected chi connectivity index (χ4v) is 3.41. The molecule has 37 heavy (non-hydrogen) atoms. The zero-order chi connectivity index (χ0) is 26.6. The highest BCUT2D eigenvalue weighted by molar-refractivity contribution is 6.43. The first kappa shape index (κ1) is 39.0. The predicted molar refractivity (Wildman–Crippen MR) is 153 cm³/mol. The number of nitrogens with zero attached hydrogens (tertiary/aromatic N) is 2. The van der Waals surface area contributed by atoms with Crippen LogP contribution in [0.1, 0.15) is 98.9 Å². The van der Waals surface area contributed by atoms with E-state index in [1.165, 1.54) is 6.07 Å². The third-order valence-corrected chi connectivity index (χ3v) is 6.15. The van der Waals surface area contributed by atoms with E-state index in [2.05, 4.69) is 37.7 Å². The Morgan fingerprint density at radius 2 is 1.14 bits per heavy atom. The Balaban J connectivity index is -0.000000452. The van der Waals surface area contributed by atoms with E-state index in [-0.39, 0.29) is 51.3 Å². The summed E-state index contributed by atoms with van der Waals surface area (Å²) in [7, 11) is -0.0648. The van der Waals surface area contributed by atoms with E-state index >= 15 is 0 Å². The monoisotopic (exact) mass is 540 g/mol. The van der Waals surface area contributed by atoms with E-state index in [1.54, 1.807) is 33.8 Å². The molecule has 0 atom stereocenters. The Bertz CT molecular complexity index is 990. The largest absolute Gasteiger partial charge is 0.478 e. The minimum Gasteiger partial charge on any atom is -0.478 e. The van der Waals surface area contributed by atoms with Gasteiger partial charge in [-0.2, -0.15) is 0 Å². The lowest BCUT2D eigenvalue weighted by Gasteiger charge is -2.32. The molecule has 1 saturated heterocycles. The first-order valence-electron chi connectivity index (χ1n) is 10.8. The highest BCUT2D eigenvalue weighted by atomic mass is 35.5. The summed E-state index contributed by atoms with van der Waals surface area (Å²) in [6.45, 7) is 18.9. The van der Waals surface area contributed by atoms with Gasteiger partial charge in [-0.15, -0.1) is 0 Å². The normalized spacial score (nSPS) is 14.3. The summed E-state index contributed by atoms with van der Waals surface area (Å²) in [6.07, 6.45) is 0. The molecule has 0 radical (unpaired) electrons. The van der Waals surface area contributed by atoms with Crippen molar-refractivity contribution < 1.29 is 29.1 Å². The van der Waals surface area contributed by atoms with Crippen LogP contribution < -0.4 is 0 Å².